The van der Waals surface area contributed by atoms with Crippen molar-refractivity contribution in [1.82, 2.24) is 10.3 Å². The number of aromatic nitrogens is 1. The molecule has 1 N–H and O–H groups in total. The molecule has 1 amide bonds. The van der Waals surface area contributed by atoms with Crippen LogP contribution in [0.4, 0.5) is 0 Å². The topological polar surface area (TPSA) is 51.2 Å². The van der Waals surface area contributed by atoms with Gasteiger partial charge in [0.1, 0.15) is 11.9 Å². The van der Waals surface area contributed by atoms with Gasteiger partial charge in [0.15, 0.2) is 0 Å². The molecule has 0 radical (unpaired) electrons. The van der Waals surface area contributed by atoms with Gasteiger partial charge < -0.3 is 10.1 Å². The molecule has 2 aromatic rings. The van der Waals surface area contributed by atoms with Gasteiger partial charge in [0.25, 0.3) is 0 Å². The third-order valence-electron chi connectivity index (χ3n) is 3.63. The Bertz CT molecular complexity index is 659. The highest BCUT2D eigenvalue weighted by Crippen LogP contribution is 2.31. The van der Waals surface area contributed by atoms with E-state index in [1.807, 2.05) is 31.2 Å². The van der Waals surface area contributed by atoms with Gasteiger partial charge in [-0.2, -0.15) is 0 Å². The SMILES string of the molecule is CC(Oc1cc(Br)cc2ncccc12)C1CNC(=O)C1. The number of amides is 1. The van der Waals surface area contributed by atoms with E-state index in [9.17, 15) is 4.79 Å². The summed E-state index contributed by atoms with van der Waals surface area (Å²) in [6, 6.07) is 7.81. The van der Waals surface area contributed by atoms with Crippen LogP contribution in [0, 0.1) is 5.92 Å². The van der Waals surface area contributed by atoms with Crippen LogP contribution in [0.25, 0.3) is 10.9 Å². The second kappa shape index (κ2) is 5.40. The van der Waals surface area contributed by atoms with Crippen LogP contribution in [0.15, 0.2) is 34.9 Å². The lowest BCUT2D eigenvalue weighted by Gasteiger charge is -2.20. The first kappa shape index (κ1) is 13.4. The molecule has 5 heteroatoms. The van der Waals surface area contributed by atoms with Crippen molar-refractivity contribution in [3.05, 3.63) is 34.9 Å². The number of carbonyl (C=O) groups excluding carboxylic acids is 1. The average Bonchev–Trinajstić information content (AvgIpc) is 2.85. The molecule has 20 heavy (non-hydrogen) atoms. The third kappa shape index (κ3) is 2.63. The molecule has 1 aromatic heterocycles. The molecule has 0 spiro atoms. The Labute approximate surface area is 125 Å². The van der Waals surface area contributed by atoms with Crippen LogP contribution in [0.5, 0.6) is 5.75 Å². The van der Waals surface area contributed by atoms with Gasteiger partial charge in [0.05, 0.1) is 5.52 Å². The maximum atomic E-state index is 11.3. The molecule has 0 aliphatic carbocycles. The van der Waals surface area contributed by atoms with E-state index in [1.165, 1.54) is 0 Å². The molecule has 3 rings (SSSR count). The summed E-state index contributed by atoms with van der Waals surface area (Å²) in [5, 5.41) is 3.83. The van der Waals surface area contributed by atoms with Crippen molar-refractivity contribution >= 4 is 32.7 Å². The van der Waals surface area contributed by atoms with Crippen LogP contribution >= 0.6 is 15.9 Å². The highest BCUT2D eigenvalue weighted by Gasteiger charge is 2.28. The van der Waals surface area contributed by atoms with E-state index in [2.05, 4.69) is 26.2 Å². The maximum absolute atomic E-state index is 11.3. The molecule has 2 atom stereocenters. The van der Waals surface area contributed by atoms with Crippen LogP contribution in [0.2, 0.25) is 0 Å². The predicted octanol–water partition coefficient (Wildman–Crippen LogP) is 2.90. The second-order valence-corrected chi connectivity index (χ2v) is 5.98. The van der Waals surface area contributed by atoms with E-state index >= 15 is 0 Å². The minimum atomic E-state index is -0.0216. The van der Waals surface area contributed by atoms with Gasteiger partial charge in [0, 0.05) is 34.9 Å². The van der Waals surface area contributed by atoms with E-state index in [0.29, 0.717) is 13.0 Å². The minimum Gasteiger partial charge on any atom is -0.490 e. The number of carbonyl (C=O) groups is 1. The van der Waals surface area contributed by atoms with Crippen molar-refractivity contribution in [3.8, 4) is 5.75 Å². The standard InChI is InChI=1S/C15H15BrN2O2/c1-9(10-5-15(19)18-8-10)20-14-7-11(16)6-13-12(14)3-2-4-17-13/h2-4,6-7,9-10H,5,8H2,1H3,(H,18,19). The van der Waals surface area contributed by atoms with Crippen molar-refractivity contribution in [2.75, 3.05) is 6.54 Å². The molecule has 0 saturated carbocycles. The van der Waals surface area contributed by atoms with Crippen molar-refractivity contribution in [1.29, 1.82) is 0 Å². The van der Waals surface area contributed by atoms with E-state index in [1.54, 1.807) is 6.20 Å². The fourth-order valence-electron chi connectivity index (χ4n) is 2.47. The third-order valence-corrected chi connectivity index (χ3v) is 4.09. The van der Waals surface area contributed by atoms with Gasteiger partial charge in [-0.05, 0) is 31.2 Å². The first-order valence-corrected chi connectivity index (χ1v) is 7.40. The number of hydrogen-bond donors (Lipinski definition) is 1. The molecule has 2 unspecified atom stereocenters. The van der Waals surface area contributed by atoms with Crippen LogP contribution in [0.1, 0.15) is 13.3 Å². The Morgan fingerprint density at radius 2 is 2.35 bits per heavy atom. The van der Waals surface area contributed by atoms with Crippen molar-refractivity contribution in [2.45, 2.75) is 19.4 Å². The first-order chi connectivity index (χ1) is 9.63. The van der Waals surface area contributed by atoms with Crippen LogP contribution < -0.4 is 10.1 Å². The Morgan fingerprint density at radius 3 is 3.10 bits per heavy atom. The normalized spacial score (nSPS) is 19.9. The van der Waals surface area contributed by atoms with Gasteiger partial charge in [-0.25, -0.2) is 0 Å². The van der Waals surface area contributed by atoms with Crippen LogP contribution in [0.3, 0.4) is 0 Å². The van der Waals surface area contributed by atoms with E-state index < -0.39 is 0 Å². The quantitative estimate of drug-likeness (QED) is 0.938. The number of halogens is 1. The lowest BCUT2D eigenvalue weighted by molar-refractivity contribution is -0.119. The Kier molecular flexibility index (Phi) is 3.61. The highest BCUT2D eigenvalue weighted by molar-refractivity contribution is 9.10. The van der Waals surface area contributed by atoms with Gasteiger partial charge in [-0.1, -0.05) is 15.9 Å². The van der Waals surface area contributed by atoms with Gasteiger partial charge >= 0.3 is 0 Å². The summed E-state index contributed by atoms with van der Waals surface area (Å²) in [4.78, 5) is 15.6. The summed E-state index contributed by atoms with van der Waals surface area (Å²) in [6.45, 7) is 2.69. The minimum absolute atomic E-state index is 0.0216. The lowest BCUT2D eigenvalue weighted by atomic mass is 10.0. The highest BCUT2D eigenvalue weighted by atomic mass is 79.9. The summed E-state index contributed by atoms with van der Waals surface area (Å²) in [6.07, 6.45) is 2.28. The maximum Gasteiger partial charge on any atom is 0.220 e. The summed E-state index contributed by atoms with van der Waals surface area (Å²) < 4.78 is 7.02. The molecule has 1 fully saturated rings. The lowest BCUT2D eigenvalue weighted by Crippen LogP contribution is -2.25. The van der Waals surface area contributed by atoms with Crippen molar-refractivity contribution in [2.24, 2.45) is 5.92 Å². The largest absolute Gasteiger partial charge is 0.490 e. The van der Waals surface area contributed by atoms with E-state index in [4.69, 9.17) is 4.74 Å². The molecular formula is C15H15BrN2O2. The Balaban J connectivity index is 1.88. The molecule has 1 aliphatic heterocycles. The molecule has 2 heterocycles. The zero-order valence-corrected chi connectivity index (χ0v) is 12.7. The Hall–Kier alpha value is -1.62. The summed E-state index contributed by atoms with van der Waals surface area (Å²) in [7, 11) is 0. The van der Waals surface area contributed by atoms with Gasteiger partial charge in [-0.15, -0.1) is 0 Å². The molecule has 4 nitrogen and oxygen atoms in total. The fraction of sp³-hybridized carbons (Fsp3) is 0.333. The first-order valence-electron chi connectivity index (χ1n) is 6.61. The predicted molar refractivity (Wildman–Crippen MR) is 80.6 cm³/mol. The molecule has 104 valence electrons. The molecule has 1 saturated heterocycles. The summed E-state index contributed by atoms with van der Waals surface area (Å²) in [5.74, 6) is 1.12. The number of benzene rings is 1. The number of ether oxygens (including phenoxy) is 1. The number of nitrogens with one attached hydrogen (secondary N) is 1. The van der Waals surface area contributed by atoms with E-state index in [-0.39, 0.29) is 17.9 Å². The van der Waals surface area contributed by atoms with Gasteiger partial charge in [0.2, 0.25) is 5.91 Å². The zero-order chi connectivity index (χ0) is 14.1. The number of pyridine rings is 1. The van der Waals surface area contributed by atoms with Crippen LogP contribution in [-0.2, 0) is 4.79 Å². The number of nitrogens with zero attached hydrogens (tertiary/aromatic N) is 1. The second-order valence-electron chi connectivity index (χ2n) is 5.07. The van der Waals surface area contributed by atoms with Crippen LogP contribution in [-0.4, -0.2) is 23.5 Å². The zero-order valence-electron chi connectivity index (χ0n) is 11.1. The monoisotopic (exact) mass is 334 g/mol. The number of hydrogen-bond acceptors (Lipinski definition) is 3. The van der Waals surface area contributed by atoms with Crippen molar-refractivity contribution in [3.63, 3.8) is 0 Å². The molecule has 0 bridgehead atoms. The van der Waals surface area contributed by atoms with Crippen molar-refractivity contribution < 1.29 is 9.53 Å². The average molecular weight is 335 g/mol. The molecule has 1 aliphatic rings. The number of rotatable bonds is 3. The Morgan fingerprint density at radius 1 is 1.50 bits per heavy atom. The van der Waals surface area contributed by atoms with E-state index in [0.717, 1.165) is 21.1 Å². The summed E-state index contributed by atoms with van der Waals surface area (Å²) >= 11 is 3.48. The van der Waals surface area contributed by atoms with Gasteiger partial charge in [-0.3, -0.25) is 9.78 Å². The smallest absolute Gasteiger partial charge is 0.220 e. The number of fused-ring (bicyclic) bond motifs is 1. The molecular weight excluding hydrogens is 320 g/mol. The molecule has 1 aromatic carbocycles. The fourth-order valence-corrected chi connectivity index (χ4v) is 2.89. The summed E-state index contributed by atoms with van der Waals surface area (Å²) in [5.41, 5.74) is 0.893.